The summed E-state index contributed by atoms with van der Waals surface area (Å²) in [5, 5.41) is 8.06. The summed E-state index contributed by atoms with van der Waals surface area (Å²) in [6.07, 6.45) is 1.68. The summed E-state index contributed by atoms with van der Waals surface area (Å²) < 4.78 is 11.7. The molecule has 0 saturated carbocycles. The molecule has 4 aromatic rings. The Balaban J connectivity index is 1.52. The van der Waals surface area contributed by atoms with E-state index in [1.807, 2.05) is 39.0 Å². The lowest BCUT2D eigenvalue weighted by Gasteiger charge is -2.07. The molecule has 1 amide bonds. The second-order valence-electron chi connectivity index (χ2n) is 6.48. The number of aryl methyl sites for hydroxylation is 2. The average Bonchev–Trinajstić information content (AvgIpc) is 3.28. The first-order valence-corrected chi connectivity index (χ1v) is 11.2. The molecular weight excluding hydrogens is 420 g/mol. The number of nitrogens with zero attached hydrogens (tertiary/aromatic N) is 3. The molecule has 0 aliphatic carbocycles. The molecule has 9 heteroatoms. The zero-order valence-electron chi connectivity index (χ0n) is 16.8. The Labute approximate surface area is 181 Å². The first kappa shape index (κ1) is 20.4. The van der Waals surface area contributed by atoms with Gasteiger partial charge in [-0.15, -0.1) is 11.8 Å². The monoisotopic (exact) mass is 440 g/mol. The normalized spacial score (nSPS) is 11.0. The number of rotatable bonds is 7. The fraction of sp³-hybridized carbons (Fsp3) is 0.238. The maximum absolute atomic E-state index is 12.9. The number of fused-ring (bicyclic) bond motifs is 1. The van der Waals surface area contributed by atoms with Crippen LogP contribution in [-0.4, -0.2) is 27.6 Å². The lowest BCUT2D eigenvalue weighted by molar-refractivity contribution is 0.102. The fourth-order valence-electron chi connectivity index (χ4n) is 2.91. The molecule has 7 nitrogen and oxygen atoms in total. The van der Waals surface area contributed by atoms with Crippen molar-refractivity contribution in [3.8, 4) is 5.75 Å². The summed E-state index contributed by atoms with van der Waals surface area (Å²) in [5.41, 5.74) is 3.19. The third kappa shape index (κ3) is 4.31. The molecule has 154 valence electrons. The molecule has 0 radical (unpaired) electrons. The van der Waals surface area contributed by atoms with Crippen LogP contribution in [-0.2, 0) is 5.75 Å². The van der Waals surface area contributed by atoms with Gasteiger partial charge in [-0.05, 0) is 51.1 Å². The van der Waals surface area contributed by atoms with Crippen molar-refractivity contribution < 1.29 is 14.1 Å². The summed E-state index contributed by atoms with van der Waals surface area (Å²) in [5.74, 6) is 1.95. The molecule has 4 rings (SSSR count). The van der Waals surface area contributed by atoms with Crippen LogP contribution in [0, 0.1) is 13.8 Å². The van der Waals surface area contributed by atoms with Gasteiger partial charge in [0.1, 0.15) is 16.5 Å². The van der Waals surface area contributed by atoms with E-state index in [0.29, 0.717) is 28.1 Å². The van der Waals surface area contributed by atoms with Crippen LogP contribution in [0.2, 0.25) is 0 Å². The predicted octanol–water partition coefficient (Wildman–Crippen LogP) is 5.24. The van der Waals surface area contributed by atoms with Crippen LogP contribution < -0.4 is 10.1 Å². The van der Waals surface area contributed by atoms with Crippen molar-refractivity contribution in [1.29, 1.82) is 0 Å². The number of ether oxygens (including phenoxy) is 1. The number of aromatic nitrogens is 3. The van der Waals surface area contributed by atoms with Gasteiger partial charge in [0.15, 0.2) is 5.13 Å². The largest absolute Gasteiger partial charge is 0.494 e. The van der Waals surface area contributed by atoms with E-state index in [1.54, 1.807) is 18.3 Å². The van der Waals surface area contributed by atoms with Crippen molar-refractivity contribution in [2.45, 2.75) is 31.6 Å². The molecule has 0 atom stereocenters. The second kappa shape index (κ2) is 8.85. The van der Waals surface area contributed by atoms with Gasteiger partial charge in [-0.2, -0.15) is 0 Å². The number of carbonyl (C=O) groups excluding carboxylic acids is 1. The summed E-state index contributed by atoms with van der Waals surface area (Å²) in [6, 6.07) is 9.21. The number of thiazole rings is 1. The molecule has 0 fully saturated rings. The molecule has 0 aliphatic heterocycles. The van der Waals surface area contributed by atoms with Crippen LogP contribution in [0.1, 0.15) is 34.3 Å². The van der Waals surface area contributed by atoms with Crippen molar-refractivity contribution in [1.82, 2.24) is 15.1 Å². The Morgan fingerprint density at radius 1 is 1.30 bits per heavy atom. The third-order valence-electron chi connectivity index (χ3n) is 4.44. The van der Waals surface area contributed by atoms with Gasteiger partial charge in [0.2, 0.25) is 0 Å². The second-order valence-corrected chi connectivity index (χ2v) is 8.48. The van der Waals surface area contributed by atoms with Crippen LogP contribution in [0.5, 0.6) is 5.75 Å². The van der Waals surface area contributed by atoms with Gasteiger partial charge in [0.05, 0.1) is 28.1 Å². The van der Waals surface area contributed by atoms with Crippen LogP contribution in [0.15, 0.2) is 46.1 Å². The molecule has 0 bridgehead atoms. The Morgan fingerprint density at radius 2 is 2.17 bits per heavy atom. The Morgan fingerprint density at radius 3 is 2.93 bits per heavy atom. The quantitative estimate of drug-likeness (QED) is 0.393. The highest BCUT2D eigenvalue weighted by molar-refractivity contribution is 7.98. The lowest BCUT2D eigenvalue weighted by Crippen LogP contribution is -2.13. The van der Waals surface area contributed by atoms with E-state index < -0.39 is 0 Å². The number of amides is 1. The van der Waals surface area contributed by atoms with Gasteiger partial charge in [-0.3, -0.25) is 10.1 Å². The minimum Gasteiger partial charge on any atom is -0.494 e. The Kier molecular flexibility index (Phi) is 6.01. The summed E-state index contributed by atoms with van der Waals surface area (Å²) >= 11 is 2.89. The van der Waals surface area contributed by atoms with Crippen molar-refractivity contribution in [3.05, 3.63) is 59.1 Å². The van der Waals surface area contributed by atoms with Crippen LogP contribution >= 0.6 is 23.1 Å². The zero-order valence-corrected chi connectivity index (χ0v) is 18.4. The average molecular weight is 441 g/mol. The van der Waals surface area contributed by atoms with E-state index in [4.69, 9.17) is 9.26 Å². The van der Waals surface area contributed by atoms with E-state index in [-0.39, 0.29) is 5.91 Å². The topological polar surface area (TPSA) is 90.1 Å². The smallest absolute Gasteiger partial charge is 0.260 e. The first-order chi connectivity index (χ1) is 14.5. The van der Waals surface area contributed by atoms with Crippen LogP contribution in [0.4, 0.5) is 5.13 Å². The number of benzene rings is 1. The highest BCUT2D eigenvalue weighted by Gasteiger charge is 2.17. The van der Waals surface area contributed by atoms with Gasteiger partial charge in [-0.25, -0.2) is 9.97 Å². The standard InChI is InChI=1S/C21H20N4O3S2/c1-4-27-14-7-8-17-18(10-14)30-21(23-17)24-19(26)15-6-5-9-22-20(15)29-11-16-12(2)25-28-13(16)3/h5-10H,4,11H2,1-3H3,(H,23,24,26). The van der Waals surface area contributed by atoms with Gasteiger partial charge in [-0.1, -0.05) is 16.5 Å². The number of hydrogen-bond acceptors (Lipinski definition) is 8. The Hall–Kier alpha value is -2.91. The molecule has 3 heterocycles. The predicted molar refractivity (Wildman–Crippen MR) is 119 cm³/mol. The van der Waals surface area contributed by atoms with E-state index in [9.17, 15) is 4.79 Å². The molecular formula is C21H20N4O3S2. The maximum Gasteiger partial charge on any atom is 0.260 e. The molecule has 3 aromatic heterocycles. The maximum atomic E-state index is 12.9. The minimum atomic E-state index is -0.242. The van der Waals surface area contributed by atoms with Gasteiger partial charge < -0.3 is 9.26 Å². The number of hydrogen-bond donors (Lipinski definition) is 1. The molecule has 30 heavy (non-hydrogen) atoms. The van der Waals surface area contributed by atoms with E-state index in [0.717, 1.165) is 33.0 Å². The number of nitrogens with one attached hydrogen (secondary N) is 1. The third-order valence-corrected chi connectivity index (χ3v) is 6.41. The van der Waals surface area contributed by atoms with Crippen molar-refractivity contribution in [2.24, 2.45) is 0 Å². The molecule has 0 unspecified atom stereocenters. The zero-order chi connectivity index (χ0) is 21.1. The van der Waals surface area contributed by atoms with Crippen molar-refractivity contribution in [2.75, 3.05) is 11.9 Å². The molecule has 0 spiro atoms. The molecule has 0 aliphatic rings. The molecule has 1 aromatic carbocycles. The summed E-state index contributed by atoms with van der Waals surface area (Å²) in [7, 11) is 0. The van der Waals surface area contributed by atoms with Crippen LogP contribution in [0.3, 0.4) is 0 Å². The minimum absolute atomic E-state index is 0.242. The van der Waals surface area contributed by atoms with E-state index >= 15 is 0 Å². The van der Waals surface area contributed by atoms with Crippen molar-refractivity contribution >= 4 is 44.4 Å². The Bertz CT molecular complexity index is 1180. The number of anilines is 1. The summed E-state index contributed by atoms with van der Waals surface area (Å²) in [4.78, 5) is 21.8. The van der Waals surface area contributed by atoms with Crippen molar-refractivity contribution in [3.63, 3.8) is 0 Å². The SMILES string of the molecule is CCOc1ccc2nc(NC(=O)c3cccnc3SCc3c(C)noc3C)sc2c1. The van der Waals surface area contributed by atoms with Crippen LogP contribution in [0.25, 0.3) is 10.2 Å². The van der Waals surface area contributed by atoms with Gasteiger partial charge in [0, 0.05) is 17.5 Å². The first-order valence-electron chi connectivity index (χ1n) is 9.39. The number of thioether (sulfide) groups is 1. The fourth-order valence-corrected chi connectivity index (χ4v) is 4.94. The number of carbonyl (C=O) groups is 1. The van der Waals surface area contributed by atoms with Gasteiger partial charge in [0.25, 0.3) is 5.91 Å². The molecule has 1 N–H and O–H groups in total. The highest BCUT2D eigenvalue weighted by Crippen LogP contribution is 2.31. The van der Waals surface area contributed by atoms with E-state index in [2.05, 4.69) is 20.4 Å². The van der Waals surface area contributed by atoms with E-state index in [1.165, 1.54) is 23.1 Å². The highest BCUT2D eigenvalue weighted by atomic mass is 32.2. The van der Waals surface area contributed by atoms with Gasteiger partial charge >= 0.3 is 0 Å². The lowest BCUT2D eigenvalue weighted by atomic mass is 10.2. The molecule has 0 saturated heterocycles. The summed E-state index contributed by atoms with van der Waals surface area (Å²) in [6.45, 7) is 6.33. The number of pyridine rings is 1.